The van der Waals surface area contributed by atoms with Crippen molar-refractivity contribution in [3.63, 3.8) is 0 Å². The third-order valence-electron chi connectivity index (χ3n) is 5.81. The van der Waals surface area contributed by atoms with E-state index in [0.29, 0.717) is 0 Å². The largest absolute Gasteiger partial charge is 0.377 e. The molecule has 0 aromatic carbocycles. The predicted octanol–water partition coefficient (Wildman–Crippen LogP) is -3.81. The Morgan fingerprint density at radius 2 is 1.17 bits per heavy atom. The van der Waals surface area contributed by atoms with E-state index >= 15 is 0 Å². The fraction of sp³-hybridized carbons (Fsp3) is 0.720. The van der Waals surface area contributed by atoms with E-state index in [1.54, 1.807) is 27.7 Å². The number of carbonyl (C=O) groups is 7. The first-order valence-electron chi connectivity index (χ1n) is 13.6. The molecule has 0 saturated carbocycles. The molecule has 1 aliphatic heterocycles. The van der Waals surface area contributed by atoms with Gasteiger partial charge in [-0.2, -0.15) is 12.6 Å². The van der Waals surface area contributed by atoms with E-state index in [0.717, 1.165) is 0 Å². The maximum atomic E-state index is 13.0. The van der Waals surface area contributed by atoms with E-state index in [1.807, 2.05) is 0 Å². The van der Waals surface area contributed by atoms with E-state index in [9.17, 15) is 33.6 Å². The Bertz CT molecular complexity index is 965. The summed E-state index contributed by atoms with van der Waals surface area (Å²) in [5, 5.41) is 17.3. The van der Waals surface area contributed by atoms with Gasteiger partial charge in [-0.3, -0.25) is 33.6 Å². The first-order valence-corrected chi connectivity index (χ1v) is 14.2. The Morgan fingerprint density at radius 1 is 0.619 bits per heavy atom. The summed E-state index contributed by atoms with van der Waals surface area (Å²) in [7, 11) is 0. The predicted molar refractivity (Wildman–Crippen MR) is 153 cm³/mol. The van der Waals surface area contributed by atoms with Crippen LogP contribution in [0.25, 0.3) is 0 Å². The van der Waals surface area contributed by atoms with Gasteiger partial charge in [0.15, 0.2) is 0 Å². The van der Waals surface area contributed by atoms with Gasteiger partial charge in [-0.1, -0.05) is 27.7 Å². The minimum absolute atomic E-state index is 0.0467. The van der Waals surface area contributed by atoms with Crippen molar-refractivity contribution in [3.8, 4) is 0 Å². The van der Waals surface area contributed by atoms with Crippen molar-refractivity contribution in [2.45, 2.75) is 45.8 Å². The van der Waals surface area contributed by atoms with Gasteiger partial charge >= 0.3 is 0 Å². The van der Waals surface area contributed by atoms with Crippen LogP contribution in [0.1, 0.15) is 27.7 Å². The highest BCUT2D eigenvalue weighted by Crippen LogP contribution is 2.06. The zero-order valence-corrected chi connectivity index (χ0v) is 25.3. The number of rotatable bonds is 3. The molecule has 1 rings (SSSR count). The van der Waals surface area contributed by atoms with Crippen molar-refractivity contribution >= 4 is 54.0 Å². The lowest BCUT2D eigenvalue weighted by Crippen LogP contribution is -2.58. The Balaban J connectivity index is 2.89. The number of amides is 7. The molecule has 16 nitrogen and oxygen atoms in total. The SMILES string of the molecule is CC(C)[C@@H]1NC(=O)CNC(=O)CNC(=O)CNC(=O)[C@H](CS)NC(=O)COCCOCCNC(=O)[C@H](C(C)C)NC1=O. The summed E-state index contributed by atoms with van der Waals surface area (Å²) in [5.41, 5.74) is 0. The summed E-state index contributed by atoms with van der Waals surface area (Å²) in [5.74, 6) is -4.93. The molecule has 0 aromatic rings. The van der Waals surface area contributed by atoms with Gasteiger partial charge in [0.1, 0.15) is 24.7 Å². The highest BCUT2D eigenvalue weighted by molar-refractivity contribution is 7.80. The first-order chi connectivity index (χ1) is 19.8. The molecule has 0 aromatic heterocycles. The van der Waals surface area contributed by atoms with E-state index in [4.69, 9.17) is 9.47 Å². The van der Waals surface area contributed by atoms with Crippen LogP contribution in [0.15, 0.2) is 0 Å². The van der Waals surface area contributed by atoms with Crippen LogP contribution in [0, 0.1) is 11.8 Å². The summed E-state index contributed by atoms with van der Waals surface area (Å²) < 4.78 is 10.6. The van der Waals surface area contributed by atoms with Crippen LogP contribution in [0.2, 0.25) is 0 Å². The summed E-state index contributed by atoms with van der Waals surface area (Å²) in [6.07, 6.45) is 0. The number of nitrogens with one attached hydrogen (secondary N) is 7. The molecule has 17 heteroatoms. The molecule has 238 valence electrons. The average molecular weight is 618 g/mol. The van der Waals surface area contributed by atoms with Gasteiger partial charge in [0, 0.05) is 12.3 Å². The summed E-state index contributed by atoms with van der Waals surface area (Å²) in [4.78, 5) is 86.7. The molecule has 0 bridgehead atoms. The third-order valence-corrected chi connectivity index (χ3v) is 6.18. The molecule has 0 spiro atoms. The van der Waals surface area contributed by atoms with E-state index in [1.165, 1.54) is 0 Å². The zero-order chi connectivity index (χ0) is 31.7. The number of hydrogen-bond acceptors (Lipinski definition) is 10. The van der Waals surface area contributed by atoms with E-state index < -0.39 is 79.1 Å². The lowest BCUT2D eigenvalue weighted by Gasteiger charge is -2.27. The standard InChI is InChI=1S/C25H43N7O9S/c1-14(2)21-24(38)26-5-6-40-7-8-41-12-20(36)30-16(13-42)23(37)29-10-18(34)27-9-17(33)28-11-19(35)31-22(15(3)4)25(39)32-21/h14-16,21-22,42H,5-13H2,1-4H3,(H,26,38)(H,27,34)(H,28,33)(H,29,37)(H,30,36)(H,31,35)(H,32,39)/t16-,21-,22-/m0/s1. The maximum Gasteiger partial charge on any atom is 0.246 e. The average Bonchev–Trinajstić information content (AvgIpc) is 2.94. The summed E-state index contributed by atoms with van der Waals surface area (Å²) in [6, 6.07) is -2.90. The van der Waals surface area contributed by atoms with Crippen LogP contribution >= 0.6 is 12.6 Å². The van der Waals surface area contributed by atoms with Crippen LogP contribution in [0.3, 0.4) is 0 Å². The summed E-state index contributed by atoms with van der Waals surface area (Å²) >= 11 is 4.04. The van der Waals surface area contributed by atoms with Crippen molar-refractivity contribution in [3.05, 3.63) is 0 Å². The molecule has 0 unspecified atom stereocenters. The third kappa shape index (κ3) is 14.5. The number of ether oxygens (including phenoxy) is 2. The van der Waals surface area contributed by atoms with Crippen LogP contribution in [-0.2, 0) is 43.0 Å². The van der Waals surface area contributed by atoms with Gasteiger partial charge in [-0.15, -0.1) is 0 Å². The fourth-order valence-electron chi connectivity index (χ4n) is 3.48. The molecule has 1 fully saturated rings. The molecular weight excluding hydrogens is 574 g/mol. The smallest absolute Gasteiger partial charge is 0.246 e. The van der Waals surface area contributed by atoms with Gasteiger partial charge in [0.2, 0.25) is 41.4 Å². The van der Waals surface area contributed by atoms with Crippen LogP contribution in [0.5, 0.6) is 0 Å². The van der Waals surface area contributed by atoms with Crippen molar-refractivity contribution in [1.29, 1.82) is 0 Å². The molecule has 1 saturated heterocycles. The molecule has 7 amide bonds. The first kappa shape index (κ1) is 36.6. The number of carbonyl (C=O) groups excluding carboxylic acids is 7. The van der Waals surface area contributed by atoms with Crippen LogP contribution in [-0.4, -0.2) is 118 Å². The normalized spacial score (nSPS) is 24.4. The Hall–Kier alpha value is -3.44. The topological polar surface area (TPSA) is 222 Å². The second-order valence-corrected chi connectivity index (χ2v) is 10.4. The minimum atomic E-state index is -1.03. The van der Waals surface area contributed by atoms with Crippen LogP contribution < -0.4 is 37.2 Å². The lowest BCUT2D eigenvalue weighted by molar-refractivity contribution is -0.134. The van der Waals surface area contributed by atoms with Crippen molar-refractivity contribution < 1.29 is 43.0 Å². The number of thiol groups is 1. The highest BCUT2D eigenvalue weighted by atomic mass is 32.1. The molecule has 7 N–H and O–H groups in total. The molecule has 1 aliphatic rings. The molecule has 1 heterocycles. The van der Waals surface area contributed by atoms with Gasteiger partial charge < -0.3 is 46.7 Å². The van der Waals surface area contributed by atoms with E-state index in [-0.39, 0.29) is 50.6 Å². The van der Waals surface area contributed by atoms with Gasteiger partial charge in [0.25, 0.3) is 0 Å². The molecular formula is C25H43N7O9S. The van der Waals surface area contributed by atoms with Crippen molar-refractivity contribution in [2.24, 2.45) is 11.8 Å². The molecule has 3 atom stereocenters. The second-order valence-electron chi connectivity index (χ2n) is 10.0. The quantitative estimate of drug-likeness (QED) is 0.145. The van der Waals surface area contributed by atoms with Crippen molar-refractivity contribution in [2.75, 3.05) is 58.4 Å². The molecule has 0 aliphatic carbocycles. The van der Waals surface area contributed by atoms with Gasteiger partial charge in [-0.25, -0.2) is 0 Å². The molecule has 42 heavy (non-hydrogen) atoms. The Morgan fingerprint density at radius 3 is 1.76 bits per heavy atom. The monoisotopic (exact) mass is 617 g/mol. The second kappa shape index (κ2) is 19.6. The van der Waals surface area contributed by atoms with Gasteiger partial charge in [0.05, 0.1) is 39.5 Å². The maximum absolute atomic E-state index is 13.0. The summed E-state index contributed by atoms with van der Waals surface area (Å²) in [6.45, 7) is 5.68. The minimum Gasteiger partial charge on any atom is -0.377 e. The highest BCUT2D eigenvalue weighted by Gasteiger charge is 2.30. The lowest BCUT2D eigenvalue weighted by atomic mass is 9.99. The fourth-order valence-corrected chi connectivity index (χ4v) is 3.74. The molecule has 0 radical (unpaired) electrons. The number of hydrogen-bond donors (Lipinski definition) is 8. The van der Waals surface area contributed by atoms with E-state index in [2.05, 4.69) is 49.8 Å². The Labute approximate surface area is 250 Å². The van der Waals surface area contributed by atoms with Crippen molar-refractivity contribution in [1.82, 2.24) is 37.2 Å². The zero-order valence-electron chi connectivity index (χ0n) is 24.4. The Kier molecular flexibility index (Phi) is 17.1. The van der Waals surface area contributed by atoms with Gasteiger partial charge in [-0.05, 0) is 11.8 Å². The van der Waals surface area contributed by atoms with Crippen LogP contribution in [0.4, 0.5) is 0 Å².